The quantitative estimate of drug-likeness (QED) is 0.775. The minimum atomic E-state index is -0.348. The van der Waals surface area contributed by atoms with Gasteiger partial charge >= 0.3 is 0 Å². The van der Waals surface area contributed by atoms with E-state index in [4.69, 9.17) is 0 Å². The lowest BCUT2D eigenvalue weighted by molar-refractivity contribution is -0.122. The van der Waals surface area contributed by atoms with Gasteiger partial charge in [-0.25, -0.2) is 4.39 Å². The summed E-state index contributed by atoms with van der Waals surface area (Å²) in [6.07, 6.45) is 1.63. The first kappa shape index (κ1) is 15.4. The first-order chi connectivity index (χ1) is 8.95. The lowest BCUT2D eigenvalue weighted by Gasteiger charge is -2.20. The van der Waals surface area contributed by atoms with Gasteiger partial charge in [-0.05, 0) is 38.0 Å². The number of nitrogens with one attached hydrogen (secondary N) is 2. The maximum Gasteiger partial charge on any atom is 0.237 e. The fourth-order valence-electron chi connectivity index (χ4n) is 1.75. The normalized spacial score (nSPS) is 13.7. The van der Waals surface area contributed by atoms with E-state index in [0.717, 1.165) is 5.56 Å². The monoisotopic (exact) mass is 264 g/mol. The molecule has 4 heteroatoms. The van der Waals surface area contributed by atoms with E-state index >= 15 is 0 Å². The number of halogens is 1. The van der Waals surface area contributed by atoms with Crippen molar-refractivity contribution in [1.82, 2.24) is 10.6 Å². The van der Waals surface area contributed by atoms with Crippen molar-refractivity contribution in [1.29, 1.82) is 0 Å². The van der Waals surface area contributed by atoms with Crippen LogP contribution in [0.3, 0.4) is 0 Å². The maximum atomic E-state index is 13.5. The molecule has 0 spiro atoms. The fourth-order valence-corrected chi connectivity index (χ4v) is 1.75. The van der Waals surface area contributed by atoms with Crippen LogP contribution >= 0.6 is 0 Å². The summed E-state index contributed by atoms with van der Waals surface area (Å²) in [6.45, 7) is 9.39. The van der Waals surface area contributed by atoms with E-state index in [1.165, 1.54) is 6.07 Å². The number of hydrogen-bond acceptors (Lipinski definition) is 2. The average Bonchev–Trinajstić information content (AvgIpc) is 2.38. The molecule has 104 valence electrons. The molecule has 1 rings (SSSR count). The highest BCUT2D eigenvalue weighted by Crippen LogP contribution is 2.16. The molecule has 2 atom stereocenters. The van der Waals surface area contributed by atoms with Gasteiger partial charge in [-0.2, -0.15) is 0 Å². The SMILES string of the molecule is C=CCNC(=O)C(C)NC(C)c1ccc(C)c(F)c1. The molecule has 2 N–H and O–H groups in total. The molecular weight excluding hydrogens is 243 g/mol. The van der Waals surface area contributed by atoms with Crippen LogP contribution in [0.2, 0.25) is 0 Å². The minimum Gasteiger partial charge on any atom is -0.351 e. The van der Waals surface area contributed by atoms with Crippen LogP contribution in [0, 0.1) is 12.7 Å². The number of carbonyl (C=O) groups excluding carboxylic acids is 1. The fraction of sp³-hybridized carbons (Fsp3) is 0.400. The molecule has 19 heavy (non-hydrogen) atoms. The average molecular weight is 264 g/mol. The first-order valence-electron chi connectivity index (χ1n) is 6.36. The van der Waals surface area contributed by atoms with E-state index in [9.17, 15) is 9.18 Å². The van der Waals surface area contributed by atoms with Crippen molar-refractivity contribution in [2.45, 2.75) is 32.9 Å². The van der Waals surface area contributed by atoms with Crippen LogP contribution in [0.5, 0.6) is 0 Å². The molecule has 1 aromatic carbocycles. The minimum absolute atomic E-state index is 0.0976. The summed E-state index contributed by atoms with van der Waals surface area (Å²) in [7, 11) is 0. The lowest BCUT2D eigenvalue weighted by Crippen LogP contribution is -2.43. The number of amides is 1. The summed E-state index contributed by atoms with van der Waals surface area (Å²) >= 11 is 0. The number of carbonyl (C=O) groups is 1. The topological polar surface area (TPSA) is 41.1 Å². The van der Waals surface area contributed by atoms with E-state index in [2.05, 4.69) is 17.2 Å². The Bertz CT molecular complexity index is 459. The largest absolute Gasteiger partial charge is 0.351 e. The summed E-state index contributed by atoms with van der Waals surface area (Å²) in [5, 5.41) is 5.85. The van der Waals surface area contributed by atoms with Gasteiger partial charge in [-0.15, -0.1) is 6.58 Å². The van der Waals surface area contributed by atoms with Crippen molar-refractivity contribution < 1.29 is 9.18 Å². The summed E-state index contributed by atoms with van der Waals surface area (Å²) < 4.78 is 13.5. The lowest BCUT2D eigenvalue weighted by atomic mass is 10.1. The molecule has 0 radical (unpaired) electrons. The number of hydrogen-bond donors (Lipinski definition) is 2. The van der Waals surface area contributed by atoms with E-state index in [1.807, 2.05) is 13.0 Å². The molecule has 0 saturated heterocycles. The Labute approximate surface area is 113 Å². The second kappa shape index (κ2) is 7.04. The van der Waals surface area contributed by atoms with E-state index in [1.54, 1.807) is 26.0 Å². The number of rotatable bonds is 6. The van der Waals surface area contributed by atoms with E-state index < -0.39 is 0 Å². The van der Waals surface area contributed by atoms with Crippen LogP contribution in [-0.4, -0.2) is 18.5 Å². The van der Waals surface area contributed by atoms with Crippen molar-refractivity contribution in [3.8, 4) is 0 Å². The highest BCUT2D eigenvalue weighted by atomic mass is 19.1. The van der Waals surface area contributed by atoms with Gasteiger partial charge in [0.1, 0.15) is 5.82 Å². The third-order valence-corrected chi connectivity index (χ3v) is 3.01. The van der Waals surface area contributed by atoms with Crippen molar-refractivity contribution >= 4 is 5.91 Å². The molecule has 0 aliphatic heterocycles. The maximum absolute atomic E-state index is 13.5. The van der Waals surface area contributed by atoms with Gasteiger partial charge in [0.2, 0.25) is 5.91 Å². The molecule has 0 aliphatic carbocycles. The molecule has 0 heterocycles. The van der Waals surface area contributed by atoms with Crippen LogP contribution in [-0.2, 0) is 4.79 Å². The highest BCUT2D eigenvalue weighted by molar-refractivity contribution is 5.81. The van der Waals surface area contributed by atoms with Crippen molar-refractivity contribution in [2.24, 2.45) is 0 Å². The van der Waals surface area contributed by atoms with Crippen LogP contribution in [0.15, 0.2) is 30.9 Å². The van der Waals surface area contributed by atoms with Gasteiger partial charge in [0, 0.05) is 12.6 Å². The zero-order valence-electron chi connectivity index (χ0n) is 11.7. The summed E-state index contributed by atoms with van der Waals surface area (Å²) in [5.74, 6) is -0.325. The smallest absolute Gasteiger partial charge is 0.237 e. The summed E-state index contributed by atoms with van der Waals surface area (Å²) in [4.78, 5) is 11.7. The third-order valence-electron chi connectivity index (χ3n) is 3.01. The van der Waals surface area contributed by atoms with Crippen LogP contribution in [0.25, 0.3) is 0 Å². The second-order valence-corrected chi connectivity index (χ2v) is 4.65. The van der Waals surface area contributed by atoms with Crippen molar-refractivity contribution in [2.75, 3.05) is 6.54 Å². The van der Waals surface area contributed by atoms with Gasteiger partial charge in [0.05, 0.1) is 6.04 Å². The van der Waals surface area contributed by atoms with Gasteiger partial charge < -0.3 is 5.32 Å². The molecule has 0 aromatic heterocycles. The Hall–Kier alpha value is -1.68. The van der Waals surface area contributed by atoms with Crippen LogP contribution < -0.4 is 10.6 Å². The third kappa shape index (κ3) is 4.48. The Balaban J connectivity index is 2.62. The Kier molecular flexibility index (Phi) is 5.70. The highest BCUT2D eigenvalue weighted by Gasteiger charge is 2.16. The first-order valence-corrected chi connectivity index (χ1v) is 6.36. The van der Waals surface area contributed by atoms with E-state index in [-0.39, 0.29) is 23.8 Å². The number of benzene rings is 1. The molecule has 0 saturated carbocycles. The summed E-state index contributed by atoms with van der Waals surface area (Å²) in [6, 6.07) is 4.66. The van der Waals surface area contributed by atoms with E-state index in [0.29, 0.717) is 12.1 Å². The standard InChI is InChI=1S/C15H21FN2O/c1-5-8-17-15(19)12(4)18-11(3)13-7-6-10(2)14(16)9-13/h5-7,9,11-12,18H,1,8H2,2-4H3,(H,17,19). The van der Waals surface area contributed by atoms with Crippen molar-refractivity contribution in [3.05, 3.63) is 47.8 Å². The molecule has 1 aromatic rings. The predicted molar refractivity (Wildman–Crippen MR) is 75.4 cm³/mol. The van der Waals surface area contributed by atoms with Gasteiger partial charge in [-0.1, -0.05) is 18.2 Å². The predicted octanol–water partition coefficient (Wildman–Crippen LogP) is 2.48. The Morgan fingerprint density at radius 1 is 1.47 bits per heavy atom. The molecule has 2 unspecified atom stereocenters. The van der Waals surface area contributed by atoms with Gasteiger partial charge in [0.15, 0.2) is 0 Å². The summed E-state index contributed by atoms with van der Waals surface area (Å²) in [5.41, 5.74) is 1.44. The van der Waals surface area contributed by atoms with Crippen LogP contribution in [0.1, 0.15) is 31.0 Å². The second-order valence-electron chi connectivity index (χ2n) is 4.65. The van der Waals surface area contributed by atoms with Gasteiger partial charge in [-0.3, -0.25) is 10.1 Å². The molecule has 1 amide bonds. The molecule has 0 aliphatic rings. The molecular formula is C15H21FN2O. The number of aryl methyl sites for hydroxylation is 1. The van der Waals surface area contributed by atoms with Crippen LogP contribution in [0.4, 0.5) is 4.39 Å². The zero-order valence-corrected chi connectivity index (χ0v) is 11.7. The Morgan fingerprint density at radius 3 is 2.74 bits per heavy atom. The van der Waals surface area contributed by atoms with Crippen molar-refractivity contribution in [3.63, 3.8) is 0 Å². The Morgan fingerprint density at radius 2 is 2.16 bits per heavy atom. The van der Waals surface area contributed by atoms with Gasteiger partial charge in [0.25, 0.3) is 0 Å². The molecule has 0 bridgehead atoms. The molecule has 0 fully saturated rings. The zero-order chi connectivity index (χ0) is 14.4. The molecule has 3 nitrogen and oxygen atoms in total.